The van der Waals surface area contributed by atoms with Crippen LogP contribution in [0, 0.1) is 13.8 Å². The normalized spacial score (nSPS) is 15.0. The minimum Gasteiger partial charge on any atom is -0.324 e. The van der Waals surface area contributed by atoms with Crippen LogP contribution in [0.2, 0.25) is 0 Å². The highest BCUT2D eigenvalue weighted by Crippen LogP contribution is 2.23. The molecule has 1 aromatic heterocycles. The van der Waals surface area contributed by atoms with Gasteiger partial charge in [0, 0.05) is 24.8 Å². The number of urea groups is 1. The van der Waals surface area contributed by atoms with E-state index in [9.17, 15) is 9.59 Å². The minimum atomic E-state index is -0.0885. The van der Waals surface area contributed by atoms with E-state index in [1.807, 2.05) is 55.1 Å². The summed E-state index contributed by atoms with van der Waals surface area (Å²) in [5.41, 5.74) is 3.77. The summed E-state index contributed by atoms with van der Waals surface area (Å²) in [5, 5.41) is 3.64. The molecule has 1 fully saturated rings. The number of nitrogens with one attached hydrogen (secondary N) is 1. The number of anilines is 1. The third kappa shape index (κ3) is 3.50. The molecular formula is C22H24N4O2. The number of amides is 2. The molecule has 1 N–H and O–H groups in total. The second-order valence-corrected chi connectivity index (χ2v) is 7.44. The van der Waals surface area contributed by atoms with Crippen LogP contribution in [0.4, 0.5) is 10.5 Å². The standard InChI is InChI=1S/C22H24N4O2/c1-15-7-8-19(16(2)13-15)24-22(28)25-11-9-17(10-12-25)26-14-23-20-6-4-3-5-18(20)21(26)27/h3-8,13-14,17H,9-12H2,1-2H3,(H,24,28). The van der Waals surface area contributed by atoms with Gasteiger partial charge < -0.3 is 10.2 Å². The molecule has 3 aromatic rings. The first-order valence-corrected chi connectivity index (χ1v) is 9.62. The Balaban J connectivity index is 1.44. The zero-order valence-corrected chi connectivity index (χ0v) is 16.2. The highest BCUT2D eigenvalue weighted by molar-refractivity contribution is 5.90. The van der Waals surface area contributed by atoms with E-state index in [1.54, 1.807) is 10.9 Å². The summed E-state index contributed by atoms with van der Waals surface area (Å²) in [5.74, 6) is 0. The van der Waals surface area contributed by atoms with E-state index >= 15 is 0 Å². The molecule has 4 rings (SSSR count). The molecule has 28 heavy (non-hydrogen) atoms. The van der Waals surface area contributed by atoms with Crippen LogP contribution in [-0.2, 0) is 0 Å². The summed E-state index contributed by atoms with van der Waals surface area (Å²) in [4.78, 5) is 31.6. The van der Waals surface area contributed by atoms with Gasteiger partial charge in [0.05, 0.1) is 17.2 Å². The van der Waals surface area contributed by atoms with Gasteiger partial charge in [-0.15, -0.1) is 0 Å². The fourth-order valence-corrected chi connectivity index (χ4v) is 3.84. The summed E-state index contributed by atoms with van der Waals surface area (Å²) >= 11 is 0. The number of aromatic nitrogens is 2. The van der Waals surface area contributed by atoms with Crippen molar-refractivity contribution in [2.75, 3.05) is 18.4 Å². The van der Waals surface area contributed by atoms with Gasteiger partial charge in [0.15, 0.2) is 0 Å². The van der Waals surface area contributed by atoms with Crippen LogP contribution in [0.25, 0.3) is 10.9 Å². The number of piperidine rings is 1. The number of hydrogen-bond donors (Lipinski definition) is 1. The van der Waals surface area contributed by atoms with E-state index in [1.165, 1.54) is 5.56 Å². The zero-order chi connectivity index (χ0) is 19.7. The lowest BCUT2D eigenvalue weighted by Crippen LogP contribution is -2.42. The van der Waals surface area contributed by atoms with Crippen molar-refractivity contribution in [3.05, 3.63) is 70.3 Å². The van der Waals surface area contributed by atoms with Crippen LogP contribution in [0.15, 0.2) is 53.6 Å². The smallest absolute Gasteiger partial charge is 0.321 e. The molecule has 1 saturated heterocycles. The largest absolute Gasteiger partial charge is 0.324 e. The third-order valence-corrected chi connectivity index (χ3v) is 5.46. The van der Waals surface area contributed by atoms with Crippen molar-refractivity contribution in [1.82, 2.24) is 14.5 Å². The van der Waals surface area contributed by atoms with Gasteiger partial charge >= 0.3 is 6.03 Å². The number of nitrogens with zero attached hydrogens (tertiary/aromatic N) is 3. The molecule has 1 aliphatic rings. The Morgan fingerprint density at radius 2 is 1.86 bits per heavy atom. The number of para-hydroxylation sites is 1. The number of rotatable bonds is 2. The van der Waals surface area contributed by atoms with Gasteiger partial charge in [-0.2, -0.15) is 0 Å². The van der Waals surface area contributed by atoms with Crippen LogP contribution >= 0.6 is 0 Å². The van der Waals surface area contributed by atoms with E-state index in [0.29, 0.717) is 24.0 Å². The highest BCUT2D eigenvalue weighted by Gasteiger charge is 2.25. The second-order valence-electron chi connectivity index (χ2n) is 7.44. The summed E-state index contributed by atoms with van der Waals surface area (Å²) < 4.78 is 1.72. The molecule has 0 aliphatic carbocycles. The molecule has 1 aliphatic heterocycles. The first kappa shape index (κ1) is 18.2. The van der Waals surface area contributed by atoms with Gasteiger partial charge in [0.2, 0.25) is 0 Å². The number of hydrogen-bond acceptors (Lipinski definition) is 3. The molecule has 2 amide bonds. The van der Waals surface area contributed by atoms with Crippen molar-refractivity contribution in [3.63, 3.8) is 0 Å². The van der Waals surface area contributed by atoms with Gasteiger partial charge in [-0.3, -0.25) is 9.36 Å². The predicted octanol–water partition coefficient (Wildman–Crippen LogP) is 3.88. The number of likely N-dealkylation sites (tertiary alicyclic amines) is 1. The number of benzene rings is 2. The lowest BCUT2D eigenvalue weighted by molar-refractivity contribution is 0.182. The summed E-state index contributed by atoms with van der Waals surface area (Å²) in [7, 11) is 0. The van der Waals surface area contributed by atoms with E-state index in [2.05, 4.69) is 16.4 Å². The summed E-state index contributed by atoms with van der Waals surface area (Å²) in [6.07, 6.45) is 3.11. The molecule has 0 saturated carbocycles. The number of carbonyl (C=O) groups is 1. The van der Waals surface area contributed by atoms with Crippen molar-refractivity contribution in [3.8, 4) is 0 Å². The predicted molar refractivity (Wildman–Crippen MR) is 111 cm³/mol. The van der Waals surface area contributed by atoms with Crippen molar-refractivity contribution in [1.29, 1.82) is 0 Å². The summed E-state index contributed by atoms with van der Waals surface area (Å²) in [6, 6.07) is 13.4. The Bertz CT molecular complexity index is 1080. The quantitative estimate of drug-likeness (QED) is 0.738. The van der Waals surface area contributed by atoms with Crippen LogP contribution < -0.4 is 10.9 Å². The van der Waals surface area contributed by atoms with E-state index < -0.39 is 0 Å². The maximum absolute atomic E-state index is 12.8. The topological polar surface area (TPSA) is 67.2 Å². The maximum atomic E-state index is 12.8. The van der Waals surface area contributed by atoms with Gasteiger partial charge in [-0.25, -0.2) is 9.78 Å². The summed E-state index contributed by atoms with van der Waals surface area (Å²) in [6.45, 7) is 5.25. The Kier molecular flexibility index (Phi) is 4.86. The van der Waals surface area contributed by atoms with Crippen LogP contribution in [0.3, 0.4) is 0 Å². The fourth-order valence-electron chi connectivity index (χ4n) is 3.84. The molecule has 0 unspecified atom stereocenters. The van der Waals surface area contributed by atoms with Crippen molar-refractivity contribution < 1.29 is 4.79 Å². The Morgan fingerprint density at radius 3 is 2.61 bits per heavy atom. The van der Waals surface area contributed by atoms with Gasteiger partial charge in [-0.05, 0) is 50.5 Å². The third-order valence-electron chi connectivity index (χ3n) is 5.46. The monoisotopic (exact) mass is 376 g/mol. The van der Waals surface area contributed by atoms with Crippen LogP contribution in [0.5, 0.6) is 0 Å². The van der Waals surface area contributed by atoms with Gasteiger partial charge in [0.25, 0.3) is 5.56 Å². The van der Waals surface area contributed by atoms with Gasteiger partial charge in [-0.1, -0.05) is 29.8 Å². The molecule has 144 valence electrons. The van der Waals surface area contributed by atoms with E-state index in [-0.39, 0.29) is 17.6 Å². The van der Waals surface area contributed by atoms with E-state index in [4.69, 9.17) is 0 Å². The first-order chi connectivity index (χ1) is 13.5. The highest BCUT2D eigenvalue weighted by atomic mass is 16.2. The molecule has 6 nitrogen and oxygen atoms in total. The molecule has 6 heteroatoms. The number of aryl methyl sites for hydroxylation is 2. The molecule has 0 radical (unpaired) electrons. The molecule has 0 spiro atoms. The average molecular weight is 376 g/mol. The number of fused-ring (bicyclic) bond motifs is 1. The SMILES string of the molecule is Cc1ccc(NC(=O)N2CCC(n3cnc4ccccc4c3=O)CC2)c(C)c1. The fraction of sp³-hybridized carbons (Fsp3) is 0.318. The van der Waals surface area contributed by atoms with Crippen molar-refractivity contribution >= 4 is 22.6 Å². The maximum Gasteiger partial charge on any atom is 0.321 e. The molecular weight excluding hydrogens is 352 g/mol. The Labute approximate surface area is 163 Å². The second kappa shape index (κ2) is 7.46. The van der Waals surface area contributed by atoms with Crippen LogP contribution in [0.1, 0.15) is 30.0 Å². The van der Waals surface area contributed by atoms with Crippen LogP contribution in [-0.4, -0.2) is 33.6 Å². The average Bonchev–Trinajstić information content (AvgIpc) is 2.71. The van der Waals surface area contributed by atoms with E-state index in [0.717, 1.165) is 24.1 Å². The molecule has 2 aromatic carbocycles. The molecule has 2 heterocycles. The zero-order valence-electron chi connectivity index (χ0n) is 16.2. The Hall–Kier alpha value is -3.15. The molecule has 0 bridgehead atoms. The first-order valence-electron chi connectivity index (χ1n) is 9.62. The van der Waals surface area contributed by atoms with Gasteiger partial charge in [0.1, 0.15) is 0 Å². The molecule has 0 atom stereocenters. The number of carbonyl (C=O) groups excluding carboxylic acids is 1. The minimum absolute atomic E-state index is 0.0104. The lowest BCUT2D eigenvalue weighted by atomic mass is 10.0. The van der Waals surface area contributed by atoms with Crippen molar-refractivity contribution in [2.45, 2.75) is 32.7 Å². The Morgan fingerprint density at radius 1 is 1.11 bits per heavy atom. The lowest BCUT2D eigenvalue weighted by Gasteiger charge is -2.33. The van der Waals surface area contributed by atoms with Crippen molar-refractivity contribution in [2.24, 2.45) is 0 Å².